The third-order valence-corrected chi connectivity index (χ3v) is 5.95. The monoisotopic (exact) mass is 457 g/mol. The third kappa shape index (κ3) is 5.86. The lowest BCUT2D eigenvalue weighted by Gasteiger charge is -2.11. The van der Waals surface area contributed by atoms with Crippen LogP contribution in [0.2, 0.25) is 5.02 Å². The molecule has 9 heteroatoms. The van der Waals surface area contributed by atoms with E-state index in [0.29, 0.717) is 28.2 Å². The van der Waals surface area contributed by atoms with Crippen LogP contribution in [0.25, 0.3) is 0 Å². The normalized spacial score (nSPS) is 10.7. The molecule has 0 spiro atoms. The second-order valence-corrected chi connectivity index (χ2v) is 8.30. The van der Waals surface area contributed by atoms with Crippen molar-refractivity contribution in [1.29, 1.82) is 0 Å². The molecule has 0 atom stereocenters. The third-order valence-electron chi connectivity index (χ3n) is 4.65. The Labute approximate surface area is 190 Å². The molecule has 0 bridgehead atoms. The van der Waals surface area contributed by atoms with Crippen LogP contribution >= 0.6 is 23.4 Å². The van der Waals surface area contributed by atoms with Crippen LogP contribution in [0.15, 0.2) is 47.6 Å². The van der Waals surface area contributed by atoms with Crippen molar-refractivity contribution in [3.63, 3.8) is 0 Å². The summed E-state index contributed by atoms with van der Waals surface area (Å²) in [6.07, 6.45) is 0.0568. The van der Waals surface area contributed by atoms with Gasteiger partial charge < -0.3 is 15.2 Å². The zero-order chi connectivity index (χ0) is 22.4. The number of benzene rings is 2. The highest BCUT2D eigenvalue weighted by Gasteiger charge is 2.17. The summed E-state index contributed by atoms with van der Waals surface area (Å²) in [5.74, 6) is 0.368. The number of anilines is 2. The maximum absolute atomic E-state index is 12.4. The number of hydrogen-bond acceptors (Lipinski definition) is 5. The Morgan fingerprint density at radius 1 is 1.00 bits per heavy atom. The molecule has 0 saturated heterocycles. The SMILES string of the molecule is CCn1c(CC(=O)Nc2ccccc2Cl)nnc1SCC(=O)Nc1c(C)cccc1C. The van der Waals surface area contributed by atoms with Gasteiger partial charge in [-0.05, 0) is 44.0 Å². The number of halogens is 1. The smallest absolute Gasteiger partial charge is 0.234 e. The highest BCUT2D eigenvalue weighted by Crippen LogP contribution is 2.23. The fourth-order valence-corrected chi connectivity index (χ4v) is 4.10. The number of hydrogen-bond donors (Lipinski definition) is 2. The molecule has 2 amide bonds. The van der Waals surface area contributed by atoms with Crippen LogP contribution in [0.1, 0.15) is 23.9 Å². The number of nitrogens with one attached hydrogen (secondary N) is 2. The molecule has 0 unspecified atom stereocenters. The second kappa shape index (κ2) is 10.5. The van der Waals surface area contributed by atoms with Gasteiger partial charge >= 0.3 is 0 Å². The van der Waals surface area contributed by atoms with Crippen LogP contribution in [0, 0.1) is 13.8 Å². The van der Waals surface area contributed by atoms with E-state index in [9.17, 15) is 9.59 Å². The van der Waals surface area contributed by atoms with Gasteiger partial charge in [-0.15, -0.1) is 10.2 Å². The average Bonchev–Trinajstić information content (AvgIpc) is 3.12. The zero-order valence-electron chi connectivity index (χ0n) is 17.6. The number of amides is 2. The van der Waals surface area contributed by atoms with Crippen LogP contribution in [-0.4, -0.2) is 32.3 Å². The highest BCUT2D eigenvalue weighted by atomic mass is 35.5. The molecule has 0 aliphatic heterocycles. The molecule has 3 rings (SSSR count). The predicted molar refractivity (Wildman–Crippen MR) is 125 cm³/mol. The maximum Gasteiger partial charge on any atom is 0.234 e. The Balaban J connectivity index is 1.61. The first-order chi connectivity index (χ1) is 14.9. The minimum Gasteiger partial charge on any atom is -0.325 e. The van der Waals surface area contributed by atoms with E-state index in [2.05, 4.69) is 20.8 Å². The van der Waals surface area contributed by atoms with Gasteiger partial charge in [0.25, 0.3) is 0 Å². The van der Waals surface area contributed by atoms with E-state index >= 15 is 0 Å². The van der Waals surface area contributed by atoms with Gasteiger partial charge in [0, 0.05) is 12.2 Å². The summed E-state index contributed by atoms with van der Waals surface area (Å²) < 4.78 is 1.84. The zero-order valence-corrected chi connectivity index (χ0v) is 19.2. The van der Waals surface area contributed by atoms with Crippen LogP contribution in [0.5, 0.6) is 0 Å². The van der Waals surface area contributed by atoms with Gasteiger partial charge in [-0.2, -0.15) is 0 Å². The van der Waals surface area contributed by atoms with Gasteiger partial charge in [0.2, 0.25) is 11.8 Å². The van der Waals surface area contributed by atoms with E-state index in [4.69, 9.17) is 11.6 Å². The summed E-state index contributed by atoms with van der Waals surface area (Å²) in [7, 11) is 0. The molecular weight excluding hydrogens is 434 g/mol. The summed E-state index contributed by atoms with van der Waals surface area (Å²) in [6.45, 7) is 6.45. The molecule has 0 fully saturated rings. The van der Waals surface area contributed by atoms with Crippen molar-refractivity contribution in [3.05, 3.63) is 64.4 Å². The van der Waals surface area contributed by atoms with Crippen molar-refractivity contribution in [1.82, 2.24) is 14.8 Å². The van der Waals surface area contributed by atoms with Crippen molar-refractivity contribution in [2.75, 3.05) is 16.4 Å². The lowest BCUT2D eigenvalue weighted by atomic mass is 10.1. The minimum atomic E-state index is -0.237. The quantitative estimate of drug-likeness (QED) is 0.487. The van der Waals surface area contributed by atoms with Gasteiger partial charge in [0.1, 0.15) is 5.82 Å². The largest absolute Gasteiger partial charge is 0.325 e. The van der Waals surface area contributed by atoms with Crippen LogP contribution in [-0.2, 0) is 22.6 Å². The summed E-state index contributed by atoms with van der Waals surface area (Å²) in [5, 5.41) is 15.1. The number of thioether (sulfide) groups is 1. The number of nitrogens with zero attached hydrogens (tertiary/aromatic N) is 3. The molecule has 31 heavy (non-hydrogen) atoms. The Kier molecular flexibility index (Phi) is 7.70. The van der Waals surface area contributed by atoms with Crippen molar-refractivity contribution in [2.45, 2.75) is 38.9 Å². The highest BCUT2D eigenvalue weighted by molar-refractivity contribution is 7.99. The van der Waals surface area contributed by atoms with Crippen LogP contribution < -0.4 is 10.6 Å². The van der Waals surface area contributed by atoms with Gasteiger partial charge in [-0.25, -0.2) is 0 Å². The first kappa shape index (κ1) is 22.8. The molecule has 7 nitrogen and oxygen atoms in total. The Bertz CT molecular complexity index is 1080. The second-order valence-electron chi connectivity index (χ2n) is 6.95. The molecule has 2 aromatic carbocycles. The molecule has 3 aromatic rings. The molecule has 2 N–H and O–H groups in total. The fourth-order valence-electron chi connectivity index (χ4n) is 3.09. The van der Waals surface area contributed by atoms with E-state index in [1.165, 1.54) is 11.8 Å². The predicted octanol–water partition coefficient (Wildman–Crippen LogP) is 4.48. The van der Waals surface area contributed by atoms with E-state index in [1.54, 1.807) is 24.3 Å². The Hall–Kier alpha value is -2.84. The number of aryl methyl sites for hydroxylation is 2. The molecule has 0 radical (unpaired) electrons. The van der Waals surface area contributed by atoms with Gasteiger partial charge in [0.15, 0.2) is 5.16 Å². The Morgan fingerprint density at radius 3 is 2.39 bits per heavy atom. The Morgan fingerprint density at radius 2 is 1.71 bits per heavy atom. The number of carbonyl (C=O) groups is 2. The summed E-state index contributed by atoms with van der Waals surface area (Å²) in [5.41, 5.74) is 3.42. The van der Waals surface area contributed by atoms with Gasteiger partial charge in [-0.3, -0.25) is 9.59 Å². The topological polar surface area (TPSA) is 88.9 Å². The van der Waals surface area contributed by atoms with E-state index < -0.39 is 0 Å². The fraction of sp³-hybridized carbons (Fsp3) is 0.273. The summed E-state index contributed by atoms with van der Waals surface area (Å²) in [4.78, 5) is 24.9. The van der Waals surface area contributed by atoms with E-state index in [0.717, 1.165) is 16.8 Å². The lowest BCUT2D eigenvalue weighted by molar-refractivity contribution is -0.116. The van der Waals surface area contributed by atoms with Gasteiger partial charge in [0.05, 0.1) is 22.9 Å². The molecule has 1 aromatic heterocycles. The van der Waals surface area contributed by atoms with Crippen molar-refractivity contribution >= 4 is 46.6 Å². The number of carbonyl (C=O) groups excluding carboxylic acids is 2. The first-order valence-electron chi connectivity index (χ1n) is 9.84. The molecule has 0 aliphatic rings. The summed E-state index contributed by atoms with van der Waals surface area (Å²) in [6, 6.07) is 12.9. The maximum atomic E-state index is 12.4. The number of aromatic nitrogens is 3. The lowest BCUT2D eigenvalue weighted by Crippen LogP contribution is -2.18. The molecule has 0 aliphatic carbocycles. The number of para-hydroxylation sites is 2. The molecular formula is C22H24ClN5O2S. The first-order valence-corrected chi connectivity index (χ1v) is 11.2. The summed E-state index contributed by atoms with van der Waals surface area (Å²) >= 11 is 7.38. The minimum absolute atomic E-state index is 0.0568. The van der Waals surface area contributed by atoms with Crippen LogP contribution in [0.4, 0.5) is 11.4 Å². The van der Waals surface area contributed by atoms with Crippen molar-refractivity contribution < 1.29 is 9.59 Å². The standard InChI is InChI=1S/C22H24ClN5O2S/c1-4-28-18(12-19(29)24-17-11-6-5-10-16(17)23)26-27-22(28)31-13-20(30)25-21-14(2)8-7-9-15(21)3/h5-11H,4,12-13H2,1-3H3,(H,24,29)(H,25,30). The van der Waals surface area contributed by atoms with E-state index in [-0.39, 0.29) is 24.0 Å². The average molecular weight is 458 g/mol. The molecule has 1 heterocycles. The molecule has 0 saturated carbocycles. The van der Waals surface area contributed by atoms with E-state index in [1.807, 2.05) is 43.5 Å². The van der Waals surface area contributed by atoms with Crippen molar-refractivity contribution in [2.24, 2.45) is 0 Å². The van der Waals surface area contributed by atoms with Crippen LogP contribution in [0.3, 0.4) is 0 Å². The number of rotatable bonds is 8. The van der Waals surface area contributed by atoms with Gasteiger partial charge in [-0.1, -0.05) is 53.7 Å². The van der Waals surface area contributed by atoms with Crippen molar-refractivity contribution in [3.8, 4) is 0 Å². The molecule has 162 valence electrons.